The lowest BCUT2D eigenvalue weighted by Crippen LogP contribution is -2.44. The van der Waals surface area contributed by atoms with Crippen molar-refractivity contribution in [1.82, 2.24) is 15.1 Å². The fraction of sp³-hybridized carbons (Fsp3) is 0.588. The third-order valence-electron chi connectivity index (χ3n) is 4.09. The molecule has 1 fully saturated rings. The van der Waals surface area contributed by atoms with Gasteiger partial charge >= 0.3 is 0 Å². The molecule has 1 aliphatic rings. The number of carbonyl (C=O) groups excluding carboxylic acids is 1. The maximum atomic E-state index is 11.7. The molecule has 2 rings (SSSR count). The van der Waals surface area contributed by atoms with Crippen LogP contribution in [-0.2, 0) is 17.9 Å². The van der Waals surface area contributed by atoms with Crippen molar-refractivity contribution in [3.05, 3.63) is 35.4 Å². The molecule has 1 aliphatic heterocycles. The highest BCUT2D eigenvalue weighted by atomic mass is 16.1. The summed E-state index contributed by atoms with van der Waals surface area (Å²) in [5.41, 5.74) is 2.55. The number of hydrogen-bond acceptors (Lipinski definition) is 3. The van der Waals surface area contributed by atoms with Gasteiger partial charge in [0, 0.05) is 45.2 Å². The zero-order chi connectivity index (χ0) is 15.2. The topological polar surface area (TPSA) is 35.6 Å². The van der Waals surface area contributed by atoms with E-state index in [9.17, 15) is 4.79 Å². The van der Waals surface area contributed by atoms with Crippen LogP contribution in [0, 0.1) is 5.92 Å². The number of nitrogens with zero attached hydrogens (tertiary/aromatic N) is 2. The van der Waals surface area contributed by atoms with Crippen molar-refractivity contribution >= 4 is 5.91 Å². The van der Waals surface area contributed by atoms with Crippen molar-refractivity contribution < 1.29 is 4.79 Å². The van der Waals surface area contributed by atoms with E-state index < -0.39 is 0 Å². The van der Waals surface area contributed by atoms with Gasteiger partial charge in [-0.2, -0.15) is 0 Å². The summed E-state index contributed by atoms with van der Waals surface area (Å²) in [5.74, 6) is 0.152. The molecule has 1 saturated heterocycles. The van der Waals surface area contributed by atoms with Crippen LogP contribution in [0.2, 0.25) is 0 Å². The third-order valence-corrected chi connectivity index (χ3v) is 4.09. The van der Waals surface area contributed by atoms with Gasteiger partial charge in [0.2, 0.25) is 5.91 Å². The molecule has 116 valence electrons. The van der Waals surface area contributed by atoms with Crippen LogP contribution in [0.5, 0.6) is 0 Å². The maximum Gasteiger partial charge on any atom is 0.222 e. The summed E-state index contributed by atoms with van der Waals surface area (Å²) in [5, 5.41) is 3.02. The second-order valence-corrected chi connectivity index (χ2v) is 6.22. The molecule has 0 spiro atoms. The molecular formula is C17H27N3O. The molecule has 0 atom stereocenters. The largest absolute Gasteiger partial charge is 0.352 e. The lowest BCUT2D eigenvalue weighted by molar-refractivity contribution is -0.124. The first kappa shape index (κ1) is 16.0. The van der Waals surface area contributed by atoms with E-state index in [-0.39, 0.29) is 11.8 Å². The summed E-state index contributed by atoms with van der Waals surface area (Å²) in [6.45, 7) is 9.93. The van der Waals surface area contributed by atoms with Gasteiger partial charge in [-0.1, -0.05) is 38.1 Å². The van der Waals surface area contributed by atoms with E-state index in [2.05, 4.69) is 40.4 Å². The van der Waals surface area contributed by atoms with Gasteiger partial charge < -0.3 is 10.2 Å². The zero-order valence-corrected chi connectivity index (χ0v) is 13.4. The lowest BCUT2D eigenvalue weighted by Gasteiger charge is -2.32. The monoisotopic (exact) mass is 289 g/mol. The average molecular weight is 289 g/mol. The van der Waals surface area contributed by atoms with Crippen LogP contribution in [0.1, 0.15) is 25.0 Å². The van der Waals surface area contributed by atoms with Crippen LogP contribution in [0.3, 0.4) is 0 Å². The SMILES string of the molecule is CC(C)C(=O)NCc1ccccc1CN1CCN(C)CC1. The van der Waals surface area contributed by atoms with Crippen LogP contribution in [0.4, 0.5) is 0 Å². The average Bonchev–Trinajstić information content (AvgIpc) is 2.48. The summed E-state index contributed by atoms with van der Waals surface area (Å²) >= 11 is 0. The Labute approximate surface area is 128 Å². The van der Waals surface area contributed by atoms with Gasteiger partial charge in [-0.25, -0.2) is 0 Å². The molecule has 21 heavy (non-hydrogen) atoms. The summed E-state index contributed by atoms with van der Waals surface area (Å²) in [4.78, 5) is 16.6. The van der Waals surface area contributed by atoms with Crippen molar-refractivity contribution in [2.24, 2.45) is 5.92 Å². The van der Waals surface area contributed by atoms with Crippen molar-refractivity contribution in [3.8, 4) is 0 Å². The Morgan fingerprint density at radius 1 is 1.14 bits per heavy atom. The molecule has 1 heterocycles. The molecule has 4 heteroatoms. The van der Waals surface area contributed by atoms with Gasteiger partial charge in [-0.15, -0.1) is 0 Å². The number of amides is 1. The van der Waals surface area contributed by atoms with Gasteiger partial charge in [-0.05, 0) is 18.2 Å². The number of rotatable bonds is 5. The third kappa shape index (κ3) is 4.83. The van der Waals surface area contributed by atoms with Crippen molar-refractivity contribution in [3.63, 3.8) is 0 Å². The van der Waals surface area contributed by atoms with E-state index in [0.717, 1.165) is 32.7 Å². The lowest BCUT2D eigenvalue weighted by atomic mass is 10.1. The highest BCUT2D eigenvalue weighted by Gasteiger charge is 2.15. The first-order valence-electron chi connectivity index (χ1n) is 7.81. The van der Waals surface area contributed by atoms with Crippen LogP contribution < -0.4 is 5.32 Å². The highest BCUT2D eigenvalue weighted by Crippen LogP contribution is 2.13. The van der Waals surface area contributed by atoms with Gasteiger partial charge in [0.1, 0.15) is 0 Å². The molecule has 0 aromatic heterocycles. The molecule has 0 aliphatic carbocycles. The molecule has 0 bridgehead atoms. The van der Waals surface area contributed by atoms with E-state index in [4.69, 9.17) is 0 Å². The Kier molecular flexibility index (Phi) is 5.76. The number of hydrogen-bond donors (Lipinski definition) is 1. The van der Waals surface area contributed by atoms with E-state index in [0.29, 0.717) is 6.54 Å². The number of likely N-dealkylation sites (N-methyl/N-ethyl adjacent to an activating group) is 1. The van der Waals surface area contributed by atoms with E-state index >= 15 is 0 Å². The standard InChI is InChI=1S/C17H27N3O/c1-14(2)17(21)18-12-15-6-4-5-7-16(15)13-20-10-8-19(3)9-11-20/h4-7,14H,8-13H2,1-3H3,(H,18,21). The molecule has 4 nitrogen and oxygen atoms in total. The summed E-state index contributed by atoms with van der Waals surface area (Å²) in [7, 11) is 2.17. The van der Waals surface area contributed by atoms with Crippen LogP contribution in [-0.4, -0.2) is 48.9 Å². The molecule has 1 aromatic carbocycles. The quantitative estimate of drug-likeness (QED) is 0.896. The predicted octanol–water partition coefficient (Wildman–Crippen LogP) is 1.71. The van der Waals surface area contributed by atoms with E-state index in [1.165, 1.54) is 11.1 Å². The number of nitrogens with one attached hydrogen (secondary N) is 1. The molecule has 1 aromatic rings. The molecule has 0 saturated carbocycles. The van der Waals surface area contributed by atoms with Crippen LogP contribution in [0.25, 0.3) is 0 Å². The fourth-order valence-corrected chi connectivity index (χ4v) is 2.52. The smallest absolute Gasteiger partial charge is 0.222 e. The molecule has 1 amide bonds. The minimum atomic E-state index is 0.0368. The number of carbonyl (C=O) groups is 1. The summed E-state index contributed by atoms with van der Waals surface area (Å²) in [6.07, 6.45) is 0. The van der Waals surface area contributed by atoms with Gasteiger partial charge in [0.15, 0.2) is 0 Å². The molecule has 0 unspecified atom stereocenters. The molecular weight excluding hydrogens is 262 g/mol. The van der Waals surface area contributed by atoms with Crippen molar-refractivity contribution in [2.45, 2.75) is 26.9 Å². The number of benzene rings is 1. The normalized spacial score (nSPS) is 17.1. The Bertz CT molecular complexity index is 465. The van der Waals surface area contributed by atoms with Crippen LogP contribution in [0.15, 0.2) is 24.3 Å². The highest BCUT2D eigenvalue weighted by molar-refractivity contribution is 5.77. The van der Waals surface area contributed by atoms with Crippen LogP contribution >= 0.6 is 0 Å². The van der Waals surface area contributed by atoms with Crippen molar-refractivity contribution in [1.29, 1.82) is 0 Å². The number of piperazine rings is 1. The summed E-state index contributed by atoms with van der Waals surface area (Å²) < 4.78 is 0. The first-order chi connectivity index (χ1) is 10.1. The summed E-state index contributed by atoms with van der Waals surface area (Å²) in [6, 6.07) is 8.42. The van der Waals surface area contributed by atoms with Gasteiger partial charge in [0.05, 0.1) is 0 Å². The molecule has 0 radical (unpaired) electrons. The second kappa shape index (κ2) is 7.57. The van der Waals surface area contributed by atoms with Crippen molar-refractivity contribution in [2.75, 3.05) is 33.2 Å². The minimum absolute atomic E-state index is 0.0368. The Balaban J connectivity index is 1.95. The second-order valence-electron chi connectivity index (χ2n) is 6.22. The predicted molar refractivity (Wildman–Crippen MR) is 85.9 cm³/mol. The van der Waals surface area contributed by atoms with E-state index in [1.807, 2.05) is 19.9 Å². The van der Waals surface area contributed by atoms with E-state index in [1.54, 1.807) is 0 Å². The van der Waals surface area contributed by atoms with Gasteiger partial charge in [0.25, 0.3) is 0 Å². The Hall–Kier alpha value is -1.39. The Morgan fingerprint density at radius 3 is 2.38 bits per heavy atom. The minimum Gasteiger partial charge on any atom is -0.352 e. The van der Waals surface area contributed by atoms with Gasteiger partial charge in [-0.3, -0.25) is 9.69 Å². The zero-order valence-electron chi connectivity index (χ0n) is 13.4. The fourth-order valence-electron chi connectivity index (χ4n) is 2.52. The first-order valence-corrected chi connectivity index (χ1v) is 7.81. The molecule has 1 N–H and O–H groups in total. The Morgan fingerprint density at radius 2 is 1.76 bits per heavy atom. The maximum absolute atomic E-state index is 11.7.